The second-order valence-corrected chi connectivity index (χ2v) is 8.02. The van der Waals surface area contributed by atoms with Gasteiger partial charge in [-0.3, -0.25) is 14.7 Å². The number of nitrogens with one attached hydrogen (secondary N) is 1. The Balaban J connectivity index is 1.43. The van der Waals surface area contributed by atoms with E-state index in [-0.39, 0.29) is 11.9 Å². The van der Waals surface area contributed by atoms with E-state index in [4.69, 9.17) is 0 Å². The van der Waals surface area contributed by atoms with Gasteiger partial charge in [-0.1, -0.05) is 23.8 Å². The predicted molar refractivity (Wildman–Crippen MR) is 115 cm³/mol. The van der Waals surface area contributed by atoms with E-state index < -0.39 is 0 Å². The van der Waals surface area contributed by atoms with Crippen molar-refractivity contribution in [2.24, 2.45) is 0 Å². The summed E-state index contributed by atoms with van der Waals surface area (Å²) in [5, 5.41) is 11.8. The zero-order valence-corrected chi connectivity index (χ0v) is 17.8. The van der Waals surface area contributed by atoms with Gasteiger partial charge in [0.2, 0.25) is 0 Å². The maximum absolute atomic E-state index is 12.5. The number of hydrogen-bond donors (Lipinski definition) is 1. The molecule has 0 spiro atoms. The Labute approximate surface area is 177 Å². The molecule has 1 aliphatic rings. The lowest BCUT2D eigenvalue weighted by Crippen LogP contribution is -2.30. The quantitative estimate of drug-likeness (QED) is 0.708. The molecule has 7 nitrogen and oxygen atoms in total. The van der Waals surface area contributed by atoms with Crippen LogP contribution in [0, 0.1) is 13.8 Å². The summed E-state index contributed by atoms with van der Waals surface area (Å²) in [6.07, 6.45) is 4.07. The summed E-state index contributed by atoms with van der Waals surface area (Å²) in [6.45, 7) is 9.89. The van der Waals surface area contributed by atoms with Crippen LogP contribution in [0.1, 0.15) is 51.7 Å². The first-order valence-corrected chi connectivity index (χ1v) is 10.4. The van der Waals surface area contributed by atoms with Crippen LogP contribution in [0.25, 0.3) is 0 Å². The summed E-state index contributed by atoms with van der Waals surface area (Å²) in [5.74, 6) is 1.63. The SMILES string of the molecule is Cc1ccc(C)c(CN2CCc3nnc([C@H](C)NC(=O)c4cccnc4)n3CC2)c1. The standard InChI is InChI=1S/C23H28N6O/c1-16-6-7-17(2)20(13-16)15-28-10-8-21-26-27-22(29(21)12-11-28)18(3)25-23(30)19-5-4-9-24-14-19/h4-7,9,13-14,18H,8,10-12,15H2,1-3H3,(H,25,30)/t18-/m0/s1. The van der Waals surface area contributed by atoms with Gasteiger partial charge < -0.3 is 9.88 Å². The van der Waals surface area contributed by atoms with Crippen LogP contribution in [0.3, 0.4) is 0 Å². The summed E-state index contributed by atoms with van der Waals surface area (Å²) >= 11 is 0. The molecule has 0 saturated carbocycles. The average molecular weight is 405 g/mol. The monoisotopic (exact) mass is 404 g/mol. The molecular formula is C23H28N6O. The minimum absolute atomic E-state index is 0.155. The largest absolute Gasteiger partial charge is 0.342 e. The third-order valence-corrected chi connectivity index (χ3v) is 5.70. The molecule has 0 aliphatic carbocycles. The lowest BCUT2D eigenvalue weighted by molar-refractivity contribution is 0.0937. The Bertz CT molecular complexity index is 1030. The van der Waals surface area contributed by atoms with Gasteiger partial charge in [-0.25, -0.2) is 0 Å². The number of amides is 1. The van der Waals surface area contributed by atoms with Gasteiger partial charge in [-0.15, -0.1) is 10.2 Å². The van der Waals surface area contributed by atoms with Crippen molar-refractivity contribution in [3.05, 3.63) is 76.6 Å². The lowest BCUT2D eigenvalue weighted by atomic mass is 10.1. The lowest BCUT2D eigenvalue weighted by Gasteiger charge is -2.21. The number of pyridine rings is 1. The van der Waals surface area contributed by atoms with E-state index in [1.165, 1.54) is 16.7 Å². The molecule has 2 aromatic heterocycles. The van der Waals surface area contributed by atoms with Gasteiger partial charge in [0.05, 0.1) is 11.6 Å². The molecule has 0 fully saturated rings. The first kappa shape index (κ1) is 20.2. The van der Waals surface area contributed by atoms with Crippen molar-refractivity contribution >= 4 is 5.91 Å². The molecule has 1 aromatic carbocycles. The Hall–Kier alpha value is -3.06. The Kier molecular flexibility index (Phi) is 5.90. The first-order valence-electron chi connectivity index (χ1n) is 10.4. The maximum atomic E-state index is 12.5. The average Bonchev–Trinajstić information content (AvgIpc) is 3.06. The van der Waals surface area contributed by atoms with Crippen LogP contribution >= 0.6 is 0 Å². The summed E-state index contributed by atoms with van der Waals surface area (Å²) < 4.78 is 2.16. The number of fused-ring (bicyclic) bond motifs is 1. The molecule has 0 radical (unpaired) electrons. The normalized spacial score (nSPS) is 15.3. The van der Waals surface area contributed by atoms with Crippen LogP contribution in [0.2, 0.25) is 0 Å². The minimum atomic E-state index is -0.232. The second-order valence-electron chi connectivity index (χ2n) is 8.02. The van der Waals surface area contributed by atoms with E-state index in [1.807, 2.05) is 6.92 Å². The van der Waals surface area contributed by atoms with E-state index >= 15 is 0 Å². The molecule has 0 bridgehead atoms. The van der Waals surface area contributed by atoms with E-state index in [9.17, 15) is 4.79 Å². The second kappa shape index (κ2) is 8.75. The highest BCUT2D eigenvalue weighted by atomic mass is 16.1. The number of nitrogens with zero attached hydrogens (tertiary/aromatic N) is 5. The first-order chi connectivity index (χ1) is 14.5. The van der Waals surface area contributed by atoms with Crippen LogP contribution < -0.4 is 5.32 Å². The van der Waals surface area contributed by atoms with Gasteiger partial charge in [0.15, 0.2) is 5.82 Å². The van der Waals surface area contributed by atoms with Crippen molar-refractivity contribution in [2.45, 2.75) is 46.3 Å². The van der Waals surface area contributed by atoms with Crippen LogP contribution in [0.15, 0.2) is 42.7 Å². The molecule has 1 amide bonds. The highest BCUT2D eigenvalue weighted by Gasteiger charge is 2.23. The smallest absolute Gasteiger partial charge is 0.253 e. The maximum Gasteiger partial charge on any atom is 0.253 e. The Morgan fingerprint density at radius 2 is 2.03 bits per heavy atom. The summed E-state index contributed by atoms with van der Waals surface area (Å²) in [5.41, 5.74) is 4.55. The van der Waals surface area contributed by atoms with Gasteiger partial charge >= 0.3 is 0 Å². The van der Waals surface area contributed by atoms with Crippen LogP contribution in [0.5, 0.6) is 0 Å². The molecule has 156 valence electrons. The van der Waals surface area contributed by atoms with Crippen molar-refractivity contribution in [1.29, 1.82) is 0 Å². The zero-order chi connectivity index (χ0) is 21.1. The third kappa shape index (κ3) is 4.41. The number of hydrogen-bond acceptors (Lipinski definition) is 5. The van der Waals surface area contributed by atoms with Gasteiger partial charge in [0.25, 0.3) is 5.91 Å². The number of aryl methyl sites for hydroxylation is 2. The van der Waals surface area contributed by atoms with Gasteiger partial charge in [0.1, 0.15) is 5.82 Å². The van der Waals surface area contributed by atoms with Gasteiger partial charge in [0, 0.05) is 45.0 Å². The fourth-order valence-electron chi connectivity index (χ4n) is 3.92. The molecule has 1 N–H and O–H groups in total. The van der Waals surface area contributed by atoms with Crippen molar-refractivity contribution in [2.75, 3.05) is 13.1 Å². The van der Waals surface area contributed by atoms with Crippen molar-refractivity contribution in [1.82, 2.24) is 30.0 Å². The van der Waals surface area contributed by atoms with Crippen molar-refractivity contribution in [3.8, 4) is 0 Å². The molecule has 1 atom stereocenters. The van der Waals surface area contributed by atoms with Crippen molar-refractivity contribution in [3.63, 3.8) is 0 Å². The number of benzene rings is 1. The molecule has 1 aliphatic heterocycles. The number of carbonyl (C=O) groups excluding carboxylic acids is 1. The Morgan fingerprint density at radius 1 is 1.17 bits per heavy atom. The Morgan fingerprint density at radius 3 is 2.83 bits per heavy atom. The summed E-state index contributed by atoms with van der Waals surface area (Å²) in [4.78, 5) is 19.0. The fourth-order valence-corrected chi connectivity index (χ4v) is 3.92. The molecule has 0 saturated heterocycles. The summed E-state index contributed by atoms with van der Waals surface area (Å²) in [6, 6.07) is 9.92. The molecular weight excluding hydrogens is 376 g/mol. The van der Waals surface area contributed by atoms with Gasteiger partial charge in [-0.05, 0) is 44.0 Å². The van der Waals surface area contributed by atoms with E-state index in [0.717, 1.165) is 44.2 Å². The van der Waals surface area contributed by atoms with E-state index in [1.54, 1.807) is 24.5 Å². The fraction of sp³-hybridized carbons (Fsp3) is 0.391. The topological polar surface area (TPSA) is 75.9 Å². The highest BCUT2D eigenvalue weighted by molar-refractivity contribution is 5.94. The predicted octanol–water partition coefficient (Wildman–Crippen LogP) is 2.84. The molecule has 3 heterocycles. The zero-order valence-electron chi connectivity index (χ0n) is 17.8. The van der Waals surface area contributed by atoms with Crippen LogP contribution in [-0.2, 0) is 19.5 Å². The number of carbonyl (C=O) groups is 1. The highest BCUT2D eigenvalue weighted by Crippen LogP contribution is 2.19. The van der Waals surface area contributed by atoms with E-state index in [0.29, 0.717) is 5.56 Å². The van der Waals surface area contributed by atoms with Crippen molar-refractivity contribution < 1.29 is 4.79 Å². The van der Waals surface area contributed by atoms with Gasteiger partial charge in [-0.2, -0.15) is 0 Å². The van der Waals surface area contributed by atoms with E-state index in [2.05, 4.69) is 62.0 Å². The molecule has 3 aromatic rings. The van der Waals surface area contributed by atoms with Crippen LogP contribution in [-0.4, -0.2) is 43.6 Å². The molecule has 4 rings (SSSR count). The molecule has 30 heavy (non-hydrogen) atoms. The minimum Gasteiger partial charge on any atom is -0.342 e. The molecule has 0 unspecified atom stereocenters. The number of aromatic nitrogens is 4. The molecule has 7 heteroatoms. The third-order valence-electron chi connectivity index (χ3n) is 5.70. The van der Waals surface area contributed by atoms with Crippen LogP contribution in [0.4, 0.5) is 0 Å². The summed E-state index contributed by atoms with van der Waals surface area (Å²) in [7, 11) is 0. The number of rotatable bonds is 5.